The van der Waals surface area contributed by atoms with Crippen LogP contribution in [0.5, 0.6) is 0 Å². The molecule has 2 aromatic rings. The van der Waals surface area contributed by atoms with Gasteiger partial charge in [-0.1, -0.05) is 53.2 Å². The molecule has 0 aliphatic heterocycles. The van der Waals surface area contributed by atoms with Crippen molar-refractivity contribution in [3.63, 3.8) is 0 Å². The Morgan fingerprint density at radius 2 is 1.76 bits per heavy atom. The zero-order chi connectivity index (χ0) is 15.1. The van der Waals surface area contributed by atoms with Crippen LogP contribution in [0.1, 0.15) is 18.4 Å². The maximum atomic E-state index is 11.8. The topological polar surface area (TPSA) is 41.1 Å². The van der Waals surface area contributed by atoms with Crippen LogP contribution in [0.15, 0.2) is 59.1 Å². The molecule has 110 valence electrons. The highest BCUT2D eigenvalue weighted by molar-refractivity contribution is 9.10. The summed E-state index contributed by atoms with van der Waals surface area (Å²) in [5.41, 5.74) is 2.17. The van der Waals surface area contributed by atoms with E-state index in [-0.39, 0.29) is 12.5 Å². The summed E-state index contributed by atoms with van der Waals surface area (Å²) in [5, 5.41) is 6.05. The van der Waals surface area contributed by atoms with E-state index < -0.39 is 0 Å². The molecule has 0 bridgehead atoms. The van der Waals surface area contributed by atoms with Gasteiger partial charge in [-0.05, 0) is 35.7 Å². The maximum Gasteiger partial charge on any atom is 0.239 e. The average Bonchev–Trinajstić information content (AvgIpc) is 2.53. The molecule has 0 unspecified atom stereocenters. The lowest BCUT2D eigenvalue weighted by atomic mass is 10.0. The van der Waals surface area contributed by atoms with Crippen LogP contribution in [0.2, 0.25) is 0 Å². The molecule has 0 aliphatic carbocycles. The molecule has 0 aliphatic rings. The van der Waals surface area contributed by atoms with Gasteiger partial charge >= 0.3 is 0 Å². The third kappa shape index (κ3) is 5.23. The van der Waals surface area contributed by atoms with E-state index in [1.807, 2.05) is 42.5 Å². The largest absolute Gasteiger partial charge is 0.376 e. The number of hydrogen-bond acceptors (Lipinski definition) is 2. The van der Waals surface area contributed by atoms with Crippen LogP contribution >= 0.6 is 15.9 Å². The van der Waals surface area contributed by atoms with Gasteiger partial charge in [-0.2, -0.15) is 0 Å². The highest BCUT2D eigenvalue weighted by atomic mass is 79.9. The van der Waals surface area contributed by atoms with Gasteiger partial charge in [0.2, 0.25) is 5.91 Å². The molecular formula is C17H19BrN2O. The molecule has 0 radical (unpaired) electrons. The number of hydrogen-bond donors (Lipinski definition) is 2. The van der Waals surface area contributed by atoms with Crippen molar-refractivity contribution in [1.29, 1.82) is 0 Å². The molecule has 3 nitrogen and oxygen atoms in total. The van der Waals surface area contributed by atoms with E-state index in [2.05, 4.69) is 45.6 Å². The van der Waals surface area contributed by atoms with Gasteiger partial charge in [0.15, 0.2) is 0 Å². The van der Waals surface area contributed by atoms with E-state index in [1.54, 1.807) is 0 Å². The third-order valence-electron chi connectivity index (χ3n) is 3.27. The molecule has 0 fully saturated rings. The van der Waals surface area contributed by atoms with Crippen LogP contribution in [0.3, 0.4) is 0 Å². The van der Waals surface area contributed by atoms with Gasteiger partial charge in [-0.3, -0.25) is 4.79 Å². The van der Waals surface area contributed by atoms with Crippen molar-refractivity contribution in [2.45, 2.75) is 12.8 Å². The number of carbonyl (C=O) groups excluding carboxylic acids is 1. The van der Waals surface area contributed by atoms with Crippen molar-refractivity contribution in [2.75, 3.05) is 18.4 Å². The zero-order valence-electron chi connectivity index (χ0n) is 12.0. The lowest BCUT2D eigenvalue weighted by Gasteiger charge is -2.13. The minimum Gasteiger partial charge on any atom is -0.376 e. The molecular weight excluding hydrogens is 328 g/mol. The normalized spacial score (nSPS) is 11.7. The minimum atomic E-state index is 0.000648. The lowest BCUT2D eigenvalue weighted by molar-refractivity contribution is -0.119. The summed E-state index contributed by atoms with van der Waals surface area (Å²) >= 11 is 3.38. The van der Waals surface area contributed by atoms with E-state index >= 15 is 0 Å². The molecule has 0 saturated heterocycles. The van der Waals surface area contributed by atoms with Crippen LogP contribution in [0, 0.1) is 0 Å². The number of halogens is 1. The fraction of sp³-hybridized carbons (Fsp3) is 0.235. The molecule has 0 saturated carbocycles. The molecule has 2 aromatic carbocycles. The van der Waals surface area contributed by atoms with Crippen molar-refractivity contribution >= 4 is 27.5 Å². The van der Waals surface area contributed by atoms with Gasteiger partial charge in [0.25, 0.3) is 0 Å². The second-order valence-corrected chi connectivity index (χ2v) is 5.89. The summed E-state index contributed by atoms with van der Waals surface area (Å²) < 4.78 is 1.02. The fourth-order valence-electron chi connectivity index (χ4n) is 1.98. The van der Waals surface area contributed by atoms with Crippen molar-refractivity contribution in [2.24, 2.45) is 0 Å². The lowest BCUT2D eigenvalue weighted by Crippen LogP contribution is -2.32. The second kappa shape index (κ2) is 7.84. The summed E-state index contributed by atoms with van der Waals surface area (Å²) in [6, 6.07) is 17.9. The number of amides is 1. The van der Waals surface area contributed by atoms with Crippen molar-refractivity contribution in [3.05, 3.63) is 64.6 Å². The molecule has 0 spiro atoms. The number of carbonyl (C=O) groups is 1. The van der Waals surface area contributed by atoms with Gasteiger partial charge < -0.3 is 10.6 Å². The summed E-state index contributed by atoms with van der Waals surface area (Å²) in [7, 11) is 0. The van der Waals surface area contributed by atoms with E-state index in [9.17, 15) is 4.79 Å². The number of nitrogens with one attached hydrogen (secondary N) is 2. The Labute approximate surface area is 133 Å². The van der Waals surface area contributed by atoms with Gasteiger partial charge in [-0.15, -0.1) is 0 Å². The molecule has 0 heterocycles. The van der Waals surface area contributed by atoms with E-state index in [1.165, 1.54) is 5.56 Å². The first-order chi connectivity index (χ1) is 10.1. The Bertz CT molecular complexity index is 569. The zero-order valence-corrected chi connectivity index (χ0v) is 13.6. The smallest absolute Gasteiger partial charge is 0.239 e. The van der Waals surface area contributed by atoms with Crippen LogP contribution in [-0.4, -0.2) is 19.0 Å². The first-order valence-corrected chi connectivity index (χ1v) is 7.75. The van der Waals surface area contributed by atoms with Crippen molar-refractivity contribution in [3.8, 4) is 0 Å². The number of benzene rings is 2. The molecule has 2 N–H and O–H groups in total. The molecule has 2 rings (SSSR count). The Balaban J connectivity index is 1.73. The van der Waals surface area contributed by atoms with Crippen LogP contribution in [-0.2, 0) is 4.79 Å². The van der Waals surface area contributed by atoms with E-state index in [4.69, 9.17) is 0 Å². The monoisotopic (exact) mass is 346 g/mol. The molecule has 1 atom stereocenters. The highest BCUT2D eigenvalue weighted by Crippen LogP contribution is 2.14. The maximum absolute atomic E-state index is 11.8. The Kier molecular flexibility index (Phi) is 5.81. The summed E-state index contributed by atoms with van der Waals surface area (Å²) in [6.45, 7) is 3.03. The number of anilines is 1. The quantitative estimate of drug-likeness (QED) is 0.835. The second-order valence-electron chi connectivity index (χ2n) is 4.98. The highest BCUT2D eigenvalue weighted by Gasteiger charge is 2.07. The summed E-state index contributed by atoms with van der Waals surface area (Å²) in [4.78, 5) is 11.8. The molecule has 4 heteroatoms. The predicted octanol–water partition coefficient (Wildman–Crippen LogP) is 3.78. The Hall–Kier alpha value is -1.81. The standard InChI is InChI=1S/C17H19BrN2O/c1-13(14-5-3-2-4-6-14)11-20-17(21)12-19-16-9-7-15(18)8-10-16/h2-10,13,19H,11-12H2,1H3,(H,20,21)/t13-/m0/s1. The summed E-state index contributed by atoms with van der Waals surface area (Å²) in [5.74, 6) is 0.309. The first kappa shape index (κ1) is 15.6. The Morgan fingerprint density at radius 3 is 2.43 bits per heavy atom. The van der Waals surface area contributed by atoms with Crippen LogP contribution < -0.4 is 10.6 Å². The molecule has 21 heavy (non-hydrogen) atoms. The molecule has 0 aromatic heterocycles. The average molecular weight is 347 g/mol. The first-order valence-electron chi connectivity index (χ1n) is 6.96. The number of rotatable bonds is 6. The van der Waals surface area contributed by atoms with Gasteiger partial charge in [0, 0.05) is 16.7 Å². The van der Waals surface area contributed by atoms with Crippen molar-refractivity contribution in [1.82, 2.24) is 5.32 Å². The van der Waals surface area contributed by atoms with Crippen LogP contribution in [0.25, 0.3) is 0 Å². The van der Waals surface area contributed by atoms with Gasteiger partial charge in [0.1, 0.15) is 0 Å². The third-order valence-corrected chi connectivity index (χ3v) is 3.80. The molecule has 1 amide bonds. The van der Waals surface area contributed by atoms with Crippen LogP contribution in [0.4, 0.5) is 5.69 Å². The van der Waals surface area contributed by atoms with Crippen molar-refractivity contribution < 1.29 is 4.79 Å². The predicted molar refractivity (Wildman–Crippen MR) is 90.5 cm³/mol. The SMILES string of the molecule is C[C@@H](CNC(=O)CNc1ccc(Br)cc1)c1ccccc1. The van der Waals surface area contributed by atoms with E-state index in [0.29, 0.717) is 12.5 Å². The van der Waals surface area contributed by atoms with Gasteiger partial charge in [0.05, 0.1) is 6.54 Å². The minimum absolute atomic E-state index is 0.000648. The fourth-order valence-corrected chi connectivity index (χ4v) is 2.24. The van der Waals surface area contributed by atoms with Gasteiger partial charge in [-0.25, -0.2) is 0 Å². The summed E-state index contributed by atoms with van der Waals surface area (Å²) in [6.07, 6.45) is 0. The van der Waals surface area contributed by atoms with E-state index in [0.717, 1.165) is 10.2 Å². The Morgan fingerprint density at radius 1 is 1.10 bits per heavy atom.